The summed E-state index contributed by atoms with van der Waals surface area (Å²) in [5.41, 5.74) is 1.16. The molecule has 0 spiro atoms. The second-order valence-corrected chi connectivity index (χ2v) is 7.41. The maximum atomic E-state index is 14.8. The van der Waals surface area contributed by atoms with Crippen LogP contribution in [0.4, 0.5) is 26.3 Å². The highest BCUT2D eigenvalue weighted by molar-refractivity contribution is 5.74. The van der Waals surface area contributed by atoms with Gasteiger partial charge in [0.1, 0.15) is 23.3 Å². The summed E-state index contributed by atoms with van der Waals surface area (Å²) in [5.74, 6) is -4.35. The van der Waals surface area contributed by atoms with Crippen molar-refractivity contribution in [3.05, 3.63) is 107 Å². The van der Waals surface area contributed by atoms with E-state index in [1.165, 1.54) is 24.3 Å². The van der Waals surface area contributed by atoms with E-state index in [9.17, 15) is 26.3 Å². The van der Waals surface area contributed by atoms with Gasteiger partial charge in [0.25, 0.3) is 6.43 Å². The standard InChI is InChI=1S/C26H16F6/c1-14-2-4-15(5-3-14)16-6-8-19(21(27)10-16)17-7-9-20(22(28)11-17)18-12-23(29)25(26(31)32)24(30)13-18/h2-13,26H,1H3. The van der Waals surface area contributed by atoms with Crippen LogP contribution in [0.3, 0.4) is 0 Å². The van der Waals surface area contributed by atoms with Crippen molar-refractivity contribution in [2.24, 2.45) is 0 Å². The number of benzene rings is 4. The summed E-state index contributed by atoms with van der Waals surface area (Å²) in [7, 11) is 0. The Morgan fingerprint density at radius 3 is 1.47 bits per heavy atom. The molecule has 32 heavy (non-hydrogen) atoms. The van der Waals surface area contributed by atoms with Crippen LogP contribution in [0.2, 0.25) is 0 Å². The Kier molecular flexibility index (Phi) is 5.78. The van der Waals surface area contributed by atoms with Crippen LogP contribution in [-0.4, -0.2) is 0 Å². The Morgan fingerprint density at radius 1 is 0.500 bits per heavy atom. The second kappa shape index (κ2) is 8.54. The molecule has 4 aromatic carbocycles. The molecular weight excluding hydrogens is 426 g/mol. The number of hydrogen-bond acceptors (Lipinski definition) is 0. The number of halogens is 6. The first-order chi connectivity index (χ1) is 15.2. The quantitative estimate of drug-likeness (QED) is 0.278. The fourth-order valence-corrected chi connectivity index (χ4v) is 3.54. The fourth-order valence-electron chi connectivity index (χ4n) is 3.54. The Bertz CT molecular complexity index is 1270. The highest BCUT2D eigenvalue weighted by Crippen LogP contribution is 2.34. The van der Waals surface area contributed by atoms with Gasteiger partial charge in [-0.2, -0.15) is 0 Å². The van der Waals surface area contributed by atoms with Gasteiger partial charge in [0, 0.05) is 11.1 Å². The summed E-state index contributed by atoms with van der Waals surface area (Å²) in [6, 6.07) is 17.1. The minimum Gasteiger partial charge on any atom is -0.206 e. The number of aryl methyl sites for hydroxylation is 1. The van der Waals surface area contributed by atoms with E-state index in [2.05, 4.69) is 0 Å². The van der Waals surface area contributed by atoms with Crippen LogP contribution < -0.4 is 0 Å². The number of hydrogen-bond donors (Lipinski definition) is 0. The number of alkyl halides is 2. The predicted octanol–water partition coefficient (Wildman–Crippen LogP) is 8.49. The largest absolute Gasteiger partial charge is 0.269 e. The summed E-state index contributed by atoms with van der Waals surface area (Å²) >= 11 is 0. The van der Waals surface area contributed by atoms with Gasteiger partial charge in [-0.1, -0.05) is 54.1 Å². The van der Waals surface area contributed by atoms with Gasteiger partial charge in [-0.25, -0.2) is 26.3 Å². The van der Waals surface area contributed by atoms with E-state index in [1.807, 2.05) is 31.2 Å². The lowest BCUT2D eigenvalue weighted by molar-refractivity contribution is 0.141. The first-order valence-electron chi connectivity index (χ1n) is 9.68. The highest BCUT2D eigenvalue weighted by Gasteiger charge is 2.21. The van der Waals surface area contributed by atoms with Crippen LogP contribution >= 0.6 is 0 Å². The summed E-state index contributed by atoms with van der Waals surface area (Å²) < 4.78 is 82.8. The Labute approximate surface area is 180 Å². The molecule has 0 bridgehead atoms. The van der Waals surface area contributed by atoms with Gasteiger partial charge in [-0.3, -0.25) is 0 Å². The fraction of sp³-hybridized carbons (Fsp3) is 0.0769. The minimum absolute atomic E-state index is 0.150. The molecule has 4 rings (SSSR count). The van der Waals surface area contributed by atoms with Gasteiger partial charge in [0.15, 0.2) is 0 Å². The molecule has 4 aromatic rings. The van der Waals surface area contributed by atoms with Crippen LogP contribution in [0.15, 0.2) is 72.8 Å². The predicted molar refractivity (Wildman–Crippen MR) is 112 cm³/mol. The van der Waals surface area contributed by atoms with Crippen LogP contribution in [0.1, 0.15) is 17.6 Å². The Morgan fingerprint density at radius 2 is 0.938 bits per heavy atom. The molecule has 0 heterocycles. The molecular formula is C26H16F6. The molecule has 0 nitrogen and oxygen atoms in total. The van der Waals surface area contributed by atoms with Crippen LogP contribution in [0, 0.1) is 30.2 Å². The van der Waals surface area contributed by atoms with Crippen molar-refractivity contribution in [3.63, 3.8) is 0 Å². The minimum atomic E-state index is -3.33. The third-order valence-electron chi connectivity index (χ3n) is 5.24. The van der Waals surface area contributed by atoms with Crippen molar-refractivity contribution in [2.75, 3.05) is 0 Å². The van der Waals surface area contributed by atoms with Crippen LogP contribution in [0.5, 0.6) is 0 Å². The van der Waals surface area contributed by atoms with Gasteiger partial charge in [-0.05, 0) is 53.4 Å². The molecule has 0 saturated heterocycles. The van der Waals surface area contributed by atoms with Crippen LogP contribution in [0.25, 0.3) is 33.4 Å². The first-order valence-corrected chi connectivity index (χ1v) is 9.68. The Hall–Kier alpha value is -3.54. The van der Waals surface area contributed by atoms with Gasteiger partial charge >= 0.3 is 0 Å². The van der Waals surface area contributed by atoms with E-state index < -0.39 is 35.3 Å². The van der Waals surface area contributed by atoms with Crippen molar-refractivity contribution >= 4 is 0 Å². The van der Waals surface area contributed by atoms with Crippen molar-refractivity contribution in [1.82, 2.24) is 0 Å². The number of rotatable bonds is 4. The smallest absolute Gasteiger partial charge is 0.206 e. The molecule has 0 unspecified atom stereocenters. The topological polar surface area (TPSA) is 0 Å². The lowest BCUT2D eigenvalue weighted by Gasteiger charge is -2.11. The molecule has 0 N–H and O–H groups in total. The third-order valence-corrected chi connectivity index (χ3v) is 5.24. The summed E-state index contributed by atoms with van der Waals surface area (Å²) in [6.07, 6.45) is -3.33. The van der Waals surface area contributed by atoms with E-state index in [4.69, 9.17) is 0 Å². The Balaban J connectivity index is 1.69. The van der Waals surface area contributed by atoms with Gasteiger partial charge in [0.2, 0.25) is 0 Å². The highest BCUT2D eigenvalue weighted by atomic mass is 19.3. The van der Waals surface area contributed by atoms with Crippen LogP contribution in [-0.2, 0) is 0 Å². The van der Waals surface area contributed by atoms with Crippen molar-refractivity contribution in [3.8, 4) is 33.4 Å². The molecule has 0 radical (unpaired) electrons. The molecule has 0 saturated carbocycles. The average Bonchev–Trinajstić information content (AvgIpc) is 2.73. The van der Waals surface area contributed by atoms with E-state index >= 15 is 0 Å². The van der Waals surface area contributed by atoms with Crippen molar-refractivity contribution in [1.29, 1.82) is 0 Å². The van der Waals surface area contributed by atoms with E-state index in [1.54, 1.807) is 6.07 Å². The third kappa shape index (κ3) is 4.13. The first kappa shape index (κ1) is 21.7. The second-order valence-electron chi connectivity index (χ2n) is 7.41. The van der Waals surface area contributed by atoms with Gasteiger partial charge in [0.05, 0.1) is 5.56 Å². The van der Waals surface area contributed by atoms with E-state index in [0.717, 1.165) is 17.2 Å². The zero-order chi connectivity index (χ0) is 23.0. The maximum Gasteiger partial charge on any atom is 0.269 e. The lowest BCUT2D eigenvalue weighted by atomic mass is 9.96. The molecule has 0 fully saturated rings. The zero-order valence-corrected chi connectivity index (χ0v) is 16.8. The SMILES string of the molecule is Cc1ccc(-c2ccc(-c3ccc(-c4cc(F)c(C(F)F)c(F)c4)c(F)c3)c(F)c2)cc1. The molecule has 162 valence electrons. The molecule has 0 aliphatic carbocycles. The summed E-state index contributed by atoms with van der Waals surface area (Å²) in [5, 5.41) is 0. The van der Waals surface area contributed by atoms with Crippen molar-refractivity contribution < 1.29 is 26.3 Å². The lowest BCUT2D eigenvalue weighted by Crippen LogP contribution is -1.98. The summed E-state index contributed by atoms with van der Waals surface area (Å²) in [6.45, 7) is 1.95. The summed E-state index contributed by atoms with van der Waals surface area (Å²) in [4.78, 5) is 0. The normalized spacial score (nSPS) is 11.2. The molecule has 0 aliphatic heterocycles. The van der Waals surface area contributed by atoms with E-state index in [0.29, 0.717) is 17.7 Å². The van der Waals surface area contributed by atoms with E-state index in [-0.39, 0.29) is 22.3 Å². The molecule has 0 aromatic heterocycles. The van der Waals surface area contributed by atoms with Gasteiger partial charge in [-0.15, -0.1) is 0 Å². The molecule has 0 atom stereocenters. The average molecular weight is 442 g/mol. The van der Waals surface area contributed by atoms with Gasteiger partial charge < -0.3 is 0 Å². The zero-order valence-electron chi connectivity index (χ0n) is 16.8. The maximum absolute atomic E-state index is 14.8. The monoisotopic (exact) mass is 442 g/mol. The van der Waals surface area contributed by atoms with Crippen molar-refractivity contribution in [2.45, 2.75) is 13.3 Å². The molecule has 0 amide bonds. The molecule has 0 aliphatic rings. The molecule has 6 heteroatoms.